The molecule has 2 aromatic heterocycles. The van der Waals surface area contributed by atoms with Crippen LogP contribution in [0.3, 0.4) is 0 Å². The Morgan fingerprint density at radius 1 is 1.32 bits per heavy atom. The molecule has 0 bridgehead atoms. The molecule has 104 valence electrons. The molecule has 2 atom stereocenters. The van der Waals surface area contributed by atoms with Crippen molar-refractivity contribution in [3.05, 3.63) is 39.8 Å². The van der Waals surface area contributed by atoms with Crippen LogP contribution in [0.5, 0.6) is 0 Å². The van der Waals surface area contributed by atoms with Crippen LogP contribution in [-0.4, -0.2) is 9.78 Å². The minimum absolute atomic E-state index is 0.309. The molecular formula is C15H23N3S. The summed E-state index contributed by atoms with van der Waals surface area (Å²) in [5, 5.41) is 10.2. The van der Waals surface area contributed by atoms with Crippen LogP contribution >= 0.6 is 11.3 Å². The third-order valence-corrected chi connectivity index (χ3v) is 4.64. The van der Waals surface area contributed by atoms with Crippen LogP contribution in [0.2, 0.25) is 0 Å². The highest BCUT2D eigenvalue weighted by molar-refractivity contribution is 7.10. The van der Waals surface area contributed by atoms with E-state index in [-0.39, 0.29) is 0 Å². The van der Waals surface area contributed by atoms with Gasteiger partial charge < -0.3 is 5.32 Å². The highest BCUT2D eigenvalue weighted by Gasteiger charge is 2.21. The van der Waals surface area contributed by atoms with E-state index < -0.39 is 0 Å². The summed E-state index contributed by atoms with van der Waals surface area (Å²) in [4.78, 5) is 1.41. The number of hydrogen-bond acceptors (Lipinski definition) is 3. The molecule has 0 fully saturated rings. The van der Waals surface area contributed by atoms with Crippen molar-refractivity contribution in [3.63, 3.8) is 0 Å². The zero-order valence-corrected chi connectivity index (χ0v) is 13.2. The second kappa shape index (κ2) is 5.88. The second-order valence-electron chi connectivity index (χ2n) is 5.43. The van der Waals surface area contributed by atoms with Gasteiger partial charge in [0.25, 0.3) is 0 Å². The molecule has 0 spiro atoms. The van der Waals surface area contributed by atoms with E-state index in [9.17, 15) is 0 Å². The summed E-state index contributed by atoms with van der Waals surface area (Å²) < 4.78 is 1.93. The average molecular weight is 277 g/mol. The van der Waals surface area contributed by atoms with E-state index in [4.69, 9.17) is 0 Å². The van der Waals surface area contributed by atoms with Crippen LogP contribution in [0.1, 0.15) is 49.0 Å². The summed E-state index contributed by atoms with van der Waals surface area (Å²) in [5.74, 6) is 0.568. The normalized spacial score (nSPS) is 14.8. The Morgan fingerprint density at radius 3 is 2.53 bits per heavy atom. The SMILES string of the molecule is Cc1c(C(C)NC(c2cccs2)C(C)C)cnn1C. The van der Waals surface area contributed by atoms with Crippen LogP contribution in [-0.2, 0) is 7.05 Å². The largest absolute Gasteiger partial charge is 0.302 e. The maximum atomic E-state index is 4.33. The van der Waals surface area contributed by atoms with Crippen LogP contribution in [0, 0.1) is 12.8 Å². The standard InChI is InChI=1S/C15H23N3S/c1-10(2)15(14-7-6-8-19-14)17-11(3)13-9-16-18(5)12(13)4/h6-11,15,17H,1-5H3. The summed E-state index contributed by atoms with van der Waals surface area (Å²) in [6, 6.07) is 5.04. The number of thiophene rings is 1. The summed E-state index contributed by atoms with van der Waals surface area (Å²) in [6.45, 7) is 8.86. The smallest absolute Gasteiger partial charge is 0.0540 e. The number of aryl methyl sites for hydroxylation is 1. The van der Waals surface area contributed by atoms with E-state index in [1.807, 2.05) is 29.3 Å². The Bertz CT molecular complexity index is 513. The molecule has 0 amide bonds. The van der Waals surface area contributed by atoms with Gasteiger partial charge in [-0.3, -0.25) is 4.68 Å². The zero-order chi connectivity index (χ0) is 14.0. The van der Waals surface area contributed by atoms with Crippen molar-refractivity contribution in [2.45, 2.75) is 39.8 Å². The number of rotatable bonds is 5. The Labute approximate surface area is 119 Å². The van der Waals surface area contributed by atoms with Crippen molar-refractivity contribution in [1.29, 1.82) is 0 Å². The number of hydrogen-bond donors (Lipinski definition) is 1. The van der Waals surface area contributed by atoms with E-state index in [1.54, 1.807) is 0 Å². The molecule has 0 radical (unpaired) electrons. The molecule has 19 heavy (non-hydrogen) atoms. The Morgan fingerprint density at radius 2 is 2.05 bits per heavy atom. The van der Waals surface area contributed by atoms with Gasteiger partial charge in [-0.25, -0.2) is 0 Å². The summed E-state index contributed by atoms with van der Waals surface area (Å²) in [7, 11) is 1.99. The molecule has 0 aliphatic rings. The third-order valence-electron chi connectivity index (χ3n) is 3.69. The highest BCUT2D eigenvalue weighted by Crippen LogP contribution is 2.29. The molecule has 4 heteroatoms. The number of aromatic nitrogens is 2. The number of nitrogens with one attached hydrogen (secondary N) is 1. The molecule has 0 saturated heterocycles. The topological polar surface area (TPSA) is 29.9 Å². The van der Waals surface area contributed by atoms with Crippen molar-refractivity contribution >= 4 is 11.3 Å². The minimum atomic E-state index is 0.309. The molecule has 2 unspecified atom stereocenters. The lowest BCUT2D eigenvalue weighted by atomic mass is 10.00. The van der Waals surface area contributed by atoms with Gasteiger partial charge in [-0.15, -0.1) is 11.3 Å². The summed E-state index contributed by atoms with van der Waals surface area (Å²) >= 11 is 1.82. The first-order valence-electron chi connectivity index (χ1n) is 6.78. The Hall–Kier alpha value is -1.13. The second-order valence-corrected chi connectivity index (χ2v) is 6.41. The van der Waals surface area contributed by atoms with Gasteiger partial charge in [0.1, 0.15) is 0 Å². The maximum Gasteiger partial charge on any atom is 0.0540 e. The maximum absolute atomic E-state index is 4.33. The van der Waals surface area contributed by atoms with Crippen LogP contribution in [0.25, 0.3) is 0 Å². The highest BCUT2D eigenvalue weighted by atomic mass is 32.1. The lowest BCUT2D eigenvalue weighted by Crippen LogP contribution is -2.28. The van der Waals surface area contributed by atoms with E-state index in [0.717, 1.165) is 0 Å². The van der Waals surface area contributed by atoms with Crippen molar-refractivity contribution in [1.82, 2.24) is 15.1 Å². The van der Waals surface area contributed by atoms with Gasteiger partial charge in [-0.1, -0.05) is 19.9 Å². The number of nitrogens with zero attached hydrogens (tertiary/aromatic N) is 2. The average Bonchev–Trinajstić information content (AvgIpc) is 2.98. The van der Waals surface area contributed by atoms with Crippen LogP contribution < -0.4 is 5.32 Å². The van der Waals surface area contributed by atoms with E-state index in [0.29, 0.717) is 18.0 Å². The monoisotopic (exact) mass is 277 g/mol. The summed E-state index contributed by atoms with van der Waals surface area (Å²) in [5.41, 5.74) is 2.51. The fraction of sp³-hybridized carbons (Fsp3) is 0.533. The van der Waals surface area contributed by atoms with Crippen LogP contribution in [0.15, 0.2) is 23.7 Å². The zero-order valence-electron chi connectivity index (χ0n) is 12.3. The van der Waals surface area contributed by atoms with Crippen LogP contribution in [0.4, 0.5) is 0 Å². The van der Waals surface area contributed by atoms with Crippen molar-refractivity contribution in [3.8, 4) is 0 Å². The van der Waals surface area contributed by atoms with Crippen molar-refractivity contribution in [2.24, 2.45) is 13.0 Å². The van der Waals surface area contributed by atoms with Gasteiger partial charge in [-0.05, 0) is 31.2 Å². The van der Waals surface area contributed by atoms with Crippen molar-refractivity contribution < 1.29 is 0 Å². The Balaban J connectivity index is 2.16. The first kappa shape index (κ1) is 14.3. The van der Waals surface area contributed by atoms with Gasteiger partial charge in [0.2, 0.25) is 0 Å². The molecule has 0 aromatic carbocycles. The van der Waals surface area contributed by atoms with Gasteiger partial charge in [0, 0.05) is 35.3 Å². The van der Waals surface area contributed by atoms with E-state index in [1.165, 1.54) is 16.1 Å². The first-order chi connectivity index (χ1) is 9.00. The van der Waals surface area contributed by atoms with Gasteiger partial charge >= 0.3 is 0 Å². The van der Waals surface area contributed by atoms with Gasteiger partial charge in [0.05, 0.1) is 6.20 Å². The first-order valence-corrected chi connectivity index (χ1v) is 7.66. The fourth-order valence-corrected chi connectivity index (χ4v) is 3.33. The quantitative estimate of drug-likeness (QED) is 0.900. The van der Waals surface area contributed by atoms with E-state index >= 15 is 0 Å². The molecule has 2 heterocycles. The molecular weight excluding hydrogens is 254 g/mol. The Kier molecular flexibility index (Phi) is 4.42. The lowest BCUT2D eigenvalue weighted by Gasteiger charge is -2.25. The minimum Gasteiger partial charge on any atom is -0.302 e. The molecule has 3 nitrogen and oxygen atoms in total. The van der Waals surface area contributed by atoms with Gasteiger partial charge in [0.15, 0.2) is 0 Å². The summed E-state index contributed by atoms with van der Waals surface area (Å²) in [6.07, 6.45) is 1.97. The molecule has 0 aliphatic heterocycles. The molecule has 0 aliphatic carbocycles. The lowest BCUT2D eigenvalue weighted by molar-refractivity contribution is 0.378. The van der Waals surface area contributed by atoms with E-state index in [2.05, 4.69) is 55.6 Å². The third kappa shape index (κ3) is 3.07. The molecule has 1 N–H and O–H groups in total. The predicted molar refractivity (Wildman–Crippen MR) is 81.4 cm³/mol. The van der Waals surface area contributed by atoms with Gasteiger partial charge in [-0.2, -0.15) is 5.10 Å². The molecule has 0 saturated carbocycles. The molecule has 2 aromatic rings. The molecule has 2 rings (SSSR count). The predicted octanol–water partition coefficient (Wildman–Crippen LogP) is 3.84. The fourth-order valence-electron chi connectivity index (χ4n) is 2.37. The van der Waals surface area contributed by atoms with Crippen molar-refractivity contribution in [2.75, 3.05) is 0 Å².